The minimum atomic E-state index is -0.893. The number of rotatable bonds is 2. The van der Waals surface area contributed by atoms with E-state index in [0.29, 0.717) is 0 Å². The third kappa shape index (κ3) is 1.43. The molecule has 86 valence electrons. The molecule has 0 unspecified atom stereocenters. The number of imide groups is 1. The smallest absolute Gasteiger partial charge is 0.319 e. The first-order valence-corrected chi connectivity index (χ1v) is 6.04. The maximum absolute atomic E-state index is 12.2. The lowest BCUT2D eigenvalue weighted by molar-refractivity contribution is -0.132. The highest BCUT2D eigenvalue weighted by Crippen LogP contribution is 2.32. The van der Waals surface area contributed by atoms with Crippen LogP contribution in [0.3, 0.4) is 0 Å². The third-order valence-electron chi connectivity index (χ3n) is 2.75. The molecule has 1 fully saturated rings. The van der Waals surface area contributed by atoms with Crippen molar-refractivity contribution in [2.45, 2.75) is 32.4 Å². The van der Waals surface area contributed by atoms with Crippen LogP contribution in [0.15, 0.2) is 17.5 Å². The molecule has 4 nitrogen and oxygen atoms in total. The molecule has 0 bridgehead atoms. The van der Waals surface area contributed by atoms with Crippen molar-refractivity contribution in [1.82, 2.24) is 10.2 Å². The number of hydrogen-bond acceptors (Lipinski definition) is 3. The normalized spacial score (nSPS) is 25.4. The summed E-state index contributed by atoms with van der Waals surface area (Å²) < 4.78 is 0. The maximum atomic E-state index is 12.2. The summed E-state index contributed by atoms with van der Waals surface area (Å²) in [7, 11) is 0. The molecule has 2 heterocycles. The molecule has 1 saturated heterocycles. The summed E-state index contributed by atoms with van der Waals surface area (Å²) in [5.74, 6) is -0.171. The average Bonchev–Trinajstić information content (AvgIpc) is 2.75. The summed E-state index contributed by atoms with van der Waals surface area (Å²) in [6.45, 7) is 5.41. The summed E-state index contributed by atoms with van der Waals surface area (Å²) in [6, 6.07) is 3.32. The Morgan fingerprint density at radius 1 is 1.44 bits per heavy atom. The number of nitrogens with zero attached hydrogens (tertiary/aromatic N) is 1. The summed E-state index contributed by atoms with van der Waals surface area (Å²) in [4.78, 5) is 26.1. The molecule has 2 rings (SSSR count). The van der Waals surface area contributed by atoms with Crippen molar-refractivity contribution in [3.63, 3.8) is 0 Å². The van der Waals surface area contributed by atoms with Gasteiger partial charge in [0.05, 0.1) is 0 Å². The van der Waals surface area contributed by atoms with E-state index in [-0.39, 0.29) is 18.0 Å². The van der Waals surface area contributed by atoms with Gasteiger partial charge in [-0.25, -0.2) is 4.79 Å². The summed E-state index contributed by atoms with van der Waals surface area (Å²) in [6.07, 6.45) is 0. The summed E-state index contributed by atoms with van der Waals surface area (Å²) >= 11 is 1.48. The Morgan fingerprint density at radius 2 is 2.12 bits per heavy atom. The Hall–Kier alpha value is -1.36. The first kappa shape index (κ1) is 11.1. The monoisotopic (exact) mass is 238 g/mol. The van der Waals surface area contributed by atoms with Gasteiger partial charge in [0, 0.05) is 10.9 Å². The number of nitrogens with one attached hydrogen (secondary N) is 1. The lowest BCUT2D eigenvalue weighted by Gasteiger charge is -2.21. The van der Waals surface area contributed by atoms with Gasteiger partial charge in [-0.15, -0.1) is 11.3 Å². The zero-order valence-electron chi connectivity index (χ0n) is 9.48. The van der Waals surface area contributed by atoms with E-state index in [9.17, 15) is 9.59 Å². The van der Waals surface area contributed by atoms with Crippen molar-refractivity contribution < 1.29 is 9.59 Å². The van der Waals surface area contributed by atoms with E-state index in [2.05, 4.69) is 5.32 Å². The molecule has 1 N–H and O–H groups in total. The molecule has 0 aromatic carbocycles. The van der Waals surface area contributed by atoms with Crippen LogP contribution in [0.1, 0.15) is 25.6 Å². The zero-order valence-corrected chi connectivity index (χ0v) is 10.3. The molecular formula is C11H14N2O2S. The van der Waals surface area contributed by atoms with E-state index in [1.54, 1.807) is 6.92 Å². The molecule has 16 heavy (non-hydrogen) atoms. The summed E-state index contributed by atoms with van der Waals surface area (Å²) in [5.41, 5.74) is -0.893. The highest BCUT2D eigenvalue weighted by molar-refractivity contribution is 7.10. The fourth-order valence-corrected chi connectivity index (χ4v) is 2.69. The van der Waals surface area contributed by atoms with E-state index in [4.69, 9.17) is 0 Å². The van der Waals surface area contributed by atoms with Gasteiger partial charge in [-0.05, 0) is 32.2 Å². The highest BCUT2D eigenvalue weighted by atomic mass is 32.1. The van der Waals surface area contributed by atoms with Crippen molar-refractivity contribution in [3.8, 4) is 0 Å². The van der Waals surface area contributed by atoms with Crippen LogP contribution in [-0.4, -0.2) is 22.9 Å². The van der Waals surface area contributed by atoms with Gasteiger partial charge in [-0.3, -0.25) is 9.69 Å². The Balaban J connectivity index is 2.40. The SMILES string of the molecule is CC(C)N1C(=O)N[C@](C)(c2cccs2)C1=O. The Morgan fingerprint density at radius 3 is 2.56 bits per heavy atom. The van der Waals surface area contributed by atoms with Gasteiger partial charge in [0.2, 0.25) is 0 Å². The summed E-state index contributed by atoms with van der Waals surface area (Å²) in [5, 5.41) is 4.66. The molecule has 1 aliphatic rings. The van der Waals surface area contributed by atoms with E-state index in [1.807, 2.05) is 31.4 Å². The highest BCUT2D eigenvalue weighted by Gasteiger charge is 2.50. The van der Waals surface area contributed by atoms with Crippen molar-refractivity contribution in [2.24, 2.45) is 0 Å². The molecule has 0 saturated carbocycles. The quantitative estimate of drug-likeness (QED) is 0.800. The van der Waals surface area contributed by atoms with Gasteiger partial charge in [0.25, 0.3) is 5.91 Å². The number of thiophene rings is 1. The average molecular weight is 238 g/mol. The predicted molar refractivity (Wildman–Crippen MR) is 62.2 cm³/mol. The van der Waals surface area contributed by atoms with Gasteiger partial charge < -0.3 is 5.32 Å². The van der Waals surface area contributed by atoms with Crippen molar-refractivity contribution in [2.75, 3.05) is 0 Å². The Kier molecular flexibility index (Phi) is 2.50. The predicted octanol–water partition coefficient (Wildman–Crippen LogP) is 1.92. The van der Waals surface area contributed by atoms with E-state index in [1.165, 1.54) is 16.2 Å². The molecule has 0 radical (unpaired) electrons. The zero-order chi connectivity index (χ0) is 11.9. The number of urea groups is 1. The van der Waals surface area contributed by atoms with Gasteiger partial charge in [-0.2, -0.15) is 0 Å². The lowest BCUT2D eigenvalue weighted by atomic mass is 10.0. The van der Waals surface area contributed by atoms with Crippen LogP contribution in [0.4, 0.5) is 4.79 Å². The number of amides is 3. The number of carbonyl (C=O) groups is 2. The van der Waals surface area contributed by atoms with Crippen molar-refractivity contribution in [3.05, 3.63) is 22.4 Å². The Bertz CT molecular complexity index is 427. The maximum Gasteiger partial charge on any atom is 0.325 e. The fraction of sp³-hybridized carbons (Fsp3) is 0.455. The molecule has 5 heteroatoms. The number of carbonyl (C=O) groups excluding carboxylic acids is 2. The van der Waals surface area contributed by atoms with Crippen LogP contribution < -0.4 is 5.32 Å². The second kappa shape index (κ2) is 3.59. The van der Waals surface area contributed by atoms with Crippen LogP contribution in [0, 0.1) is 0 Å². The van der Waals surface area contributed by atoms with Crippen LogP contribution in [0.5, 0.6) is 0 Å². The van der Waals surface area contributed by atoms with Gasteiger partial charge in [-0.1, -0.05) is 6.07 Å². The van der Waals surface area contributed by atoms with E-state index in [0.717, 1.165) is 4.88 Å². The number of hydrogen-bond donors (Lipinski definition) is 1. The van der Waals surface area contributed by atoms with Crippen molar-refractivity contribution in [1.29, 1.82) is 0 Å². The van der Waals surface area contributed by atoms with Gasteiger partial charge in [0.1, 0.15) is 0 Å². The molecule has 1 aromatic rings. The van der Waals surface area contributed by atoms with E-state index >= 15 is 0 Å². The van der Waals surface area contributed by atoms with Crippen LogP contribution in [-0.2, 0) is 10.3 Å². The minimum absolute atomic E-state index is 0.116. The largest absolute Gasteiger partial charge is 0.325 e. The molecule has 1 aromatic heterocycles. The minimum Gasteiger partial charge on any atom is -0.319 e. The van der Waals surface area contributed by atoms with Gasteiger partial charge in [0.15, 0.2) is 5.54 Å². The fourth-order valence-electron chi connectivity index (χ4n) is 1.86. The first-order chi connectivity index (χ1) is 7.47. The van der Waals surface area contributed by atoms with Gasteiger partial charge >= 0.3 is 6.03 Å². The van der Waals surface area contributed by atoms with Crippen LogP contribution in [0.2, 0.25) is 0 Å². The van der Waals surface area contributed by atoms with Crippen LogP contribution in [0.25, 0.3) is 0 Å². The second-order valence-corrected chi connectivity index (χ2v) is 5.25. The lowest BCUT2D eigenvalue weighted by Crippen LogP contribution is -2.41. The standard InChI is InChI=1S/C11H14N2O2S/c1-7(2)13-9(14)11(3,12-10(13)15)8-5-4-6-16-8/h4-7H,1-3H3,(H,12,15)/t11-/m1/s1. The first-order valence-electron chi connectivity index (χ1n) is 5.16. The third-order valence-corrected chi connectivity index (χ3v) is 3.84. The Labute approximate surface area is 98.3 Å². The molecular weight excluding hydrogens is 224 g/mol. The van der Waals surface area contributed by atoms with Crippen molar-refractivity contribution >= 4 is 23.3 Å². The van der Waals surface area contributed by atoms with Crippen LogP contribution >= 0.6 is 11.3 Å². The molecule has 0 aliphatic carbocycles. The van der Waals surface area contributed by atoms with E-state index < -0.39 is 5.54 Å². The molecule has 3 amide bonds. The molecule has 1 atom stereocenters. The second-order valence-electron chi connectivity index (χ2n) is 4.30. The topological polar surface area (TPSA) is 49.4 Å². The molecule has 1 aliphatic heterocycles. The molecule has 0 spiro atoms.